The number of aromatic nitrogens is 2. The van der Waals surface area contributed by atoms with Gasteiger partial charge in [-0.2, -0.15) is 5.26 Å². The highest BCUT2D eigenvalue weighted by Crippen LogP contribution is 2.25. The summed E-state index contributed by atoms with van der Waals surface area (Å²) in [5, 5.41) is 10.1. The van der Waals surface area contributed by atoms with E-state index in [1.54, 1.807) is 25.3 Å². The van der Waals surface area contributed by atoms with Crippen molar-refractivity contribution < 1.29 is 9.15 Å². The lowest BCUT2D eigenvalue weighted by Crippen LogP contribution is -2.06. The van der Waals surface area contributed by atoms with Gasteiger partial charge in [-0.3, -0.25) is 0 Å². The van der Waals surface area contributed by atoms with Crippen LogP contribution in [0.5, 0.6) is 5.75 Å². The average Bonchev–Trinajstić information content (AvgIpc) is 3.22. The third kappa shape index (κ3) is 3.19. The highest BCUT2D eigenvalue weighted by Gasteiger charge is 2.12. The molecule has 30 heavy (non-hydrogen) atoms. The van der Waals surface area contributed by atoms with Crippen LogP contribution in [0.2, 0.25) is 0 Å². The zero-order valence-corrected chi connectivity index (χ0v) is 16.1. The van der Waals surface area contributed by atoms with Gasteiger partial charge in [0.2, 0.25) is 5.55 Å². The van der Waals surface area contributed by atoms with Gasteiger partial charge in [0, 0.05) is 5.39 Å². The van der Waals surface area contributed by atoms with Crippen molar-refractivity contribution in [2.45, 2.75) is 0 Å². The molecule has 0 fully saturated rings. The maximum atomic E-state index is 9.19. The zero-order chi connectivity index (χ0) is 20.5. The lowest BCUT2D eigenvalue weighted by molar-refractivity contribution is 0.415. The molecule has 0 saturated carbocycles. The number of imidazole rings is 1. The van der Waals surface area contributed by atoms with E-state index >= 15 is 0 Å². The van der Waals surface area contributed by atoms with Crippen LogP contribution >= 0.6 is 0 Å². The number of rotatable bonds is 3. The van der Waals surface area contributed by atoms with E-state index in [0.29, 0.717) is 33.8 Å². The summed E-state index contributed by atoms with van der Waals surface area (Å²) >= 11 is 0. The maximum Gasteiger partial charge on any atom is 0.230 e. The van der Waals surface area contributed by atoms with Crippen LogP contribution in [0.4, 0.5) is 5.69 Å². The Bertz CT molecular complexity index is 1470. The quantitative estimate of drug-likeness (QED) is 0.463. The minimum absolute atomic E-state index is 0.404. The Morgan fingerprint density at radius 2 is 1.93 bits per heavy atom. The number of nitrogens with zero attached hydrogens (tertiary/aromatic N) is 3. The van der Waals surface area contributed by atoms with Crippen molar-refractivity contribution in [2.75, 3.05) is 7.11 Å². The highest BCUT2D eigenvalue weighted by atomic mass is 16.5. The van der Waals surface area contributed by atoms with Crippen molar-refractivity contribution in [1.82, 2.24) is 9.97 Å². The van der Waals surface area contributed by atoms with Crippen LogP contribution in [-0.2, 0) is 0 Å². The van der Waals surface area contributed by atoms with Crippen molar-refractivity contribution in [3.63, 3.8) is 0 Å². The fourth-order valence-corrected chi connectivity index (χ4v) is 3.33. The second-order valence-electron chi connectivity index (χ2n) is 6.75. The van der Waals surface area contributed by atoms with Gasteiger partial charge in [0.05, 0.1) is 41.0 Å². The number of methoxy groups -OCH3 is 1. The van der Waals surface area contributed by atoms with Crippen LogP contribution in [0.3, 0.4) is 0 Å². The molecule has 0 radical (unpaired) electrons. The van der Waals surface area contributed by atoms with Crippen molar-refractivity contribution in [3.8, 4) is 23.2 Å². The molecule has 1 N–H and O–H groups in total. The minimum Gasteiger partial charge on any atom is -0.497 e. The molecule has 0 aliphatic rings. The number of benzene rings is 3. The Morgan fingerprint density at radius 1 is 1.03 bits per heavy atom. The van der Waals surface area contributed by atoms with Crippen molar-refractivity contribution in [2.24, 2.45) is 4.99 Å². The first-order valence-corrected chi connectivity index (χ1v) is 9.35. The van der Waals surface area contributed by atoms with Gasteiger partial charge in [0.25, 0.3) is 0 Å². The molecule has 0 saturated heterocycles. The summed E-state index contributed by atoms with van der Waals surface area (Å²) in [5.74, 6) is 1.39. The number of H-pyrrole nitrogens is 1. The van der Waals surface area contributed by atoms with E-state index in [2.05, 4.69) is 16.0 Å². The van der Waals surface area contributed by atoms with E-state index in [1.807, 2.05) is 54.6 Å². The van der Waals surface area contributed by atoms with Gasteiger partial charge in [-0.25, -0.2) is 9.98 Å². The first-order chi connectivity index (χ1) is 14.7. The third-order valence-corrected chi connectivity index (χ3v) is 4.80. The van der Waals surface area contributed by atoms with Gasteiger partial charge in [-0.05, 0) is 54.6 Å². The highest BCUT2D eigenvalue weighted by molar-refractivity contribution is 5.84. The Kier molecular flexibility index (Phi) is 4.26. The lowest BCUT2D eigenvalue weighted by atomic mass is 10.1. The average molecular weight is 392 g/mol. The second kappa shape index (κ2) is 7.22. The number of para-hydroxylation sites is 2. The van der Waals surface area contributed by atoms with E-state index in [0.717, 1.165) is 22.2 Å². The molecule has 0 amide bonds. The molecule has 0 aliphatic heterocycles. The maximum absolute atomic E-state index is 9.19. The van der Waals surface area contributed by atoms with E-state index in [9.17, 15) is 5.26 Å². The molecule has 6 nitrogen and oxygen atoms in total. The Balaban J connectivity index is 1.80. The SMILES string of the molecule is COc1ccc2oc(=Nc3cccc(C#N)c3)c(-c3nc4ccccc4[nH]3)cc2c1. The first-order valence-electron chi connectivity index (χ1n) is 9.35. The summed E-state index contributed by atoms with van der Waals surface area (Å²) < 4.78 is 11.5. The van der Waals surface area contributed by atoms with E-state index in [-0.39, 0.29) is 0 Å². The molecule has 5 aromatic rings. The largest absolute Gasteiger partial charge is 0.497 e. The number of nitriles is 1. The van der Waals surface area contributed by atoms with Gasteiger partial charge in [-0.1, -0.05) is 18.2 Å². The summed E-state index contributed by atoms with van der Waals surface area (Å²) in [6, 6.07) is 24.6. The van der Waals surface area contributed by atoms with Crippen molar-refractivity contribution >= 4 is 27.7 Å². The summed E-state index contributed by atoms with van der Waals surface area (Å²) in [6.45, 7) is 0. The molecule has 6 heteroatoms. The third-order valence-electron chi connectivity index (χ3n) is 4.80. The number of fused-ring (bicyclic) bond motifs is 2. The Morgan fingerprint density at radius 3 is 2.77 bits per heavy atom. The van der Waals surface area contributed by atoms with Crippen LogP contribution in [0.1, 0.15) is 5.56 Å². The van der Waals surface area contributed by atoms with Gasteiger partial charge in [0.1, 0.15) is 17.2 Å². The molecule has 144 valence electrons. The van der Waals surface area contributed by atoms with E-state index in [1.165, 1.54) is 0 Å². The topological polar surface area (TPSA) is 87.2 Å². The van der Waals surface area contributed by atoms with Crippen molar-refractivity contribution in [1.29, 1.82) is 5.26 Å². The predicted molar refractivity (Wildman–Crippen MR) is 114 cm³/mol. The molecule has 0 spiro atoms. The molecule has 2 heterocycles. The van der Waals surface area contributed by atoms with Crippen LogP contribution in [0, 0.1) is 11.3 Å². The number of hydrogen-bond donors (Lipinski definition) is 1. The summed E-state index contributed by atoms with van der Waals surface area (Å²) in [6.07, 6.45) is 0. The molecule has 5 rings (SSSR count). The van der Waals surface area contributed by atoms with Crippen LogP contribution in [0.25, 0.3) is 33.4 Å². The monoisotopic (exact) mass is 392 g/mol. The Hall–Kier alpha value is -4.37. The molecule has 0 bridgehead atoms. The molecule has 3 aromatic carbocycles. The van der Waals surface area contributed by atoms with Crippen LogP contribution < -0.4 is 10.3 Å². The lowest BCUT2D eigenvalue weighted by Gasteiger charge is -2.05. The van der Waals surface area contributed by atoms with Crippen molar-refractivity contribution in [3.05, 3.63) is 83.9 Å². The van der Waals surface area contributed by atoms with Gasteiger partial charge in [-0.15, -0.1) is 0 Å². The van der Waals surface area contributed by atoms with Gasteiger partial charge < -0.3 is 14.1 Å². The van der Waals surface area contributed by atoms with Gasteiger partial charge >= 0.3 is 0 Å². The number of ether oxygens (including phenoxy) is 1. The fraction of sp³-hybridized carbons (Fsp3) is 0.0417. The Labute approximate surface area is 171 Å². The standard InChI is InChI=1S/C24H16N4O2/c1-29-18-9-10-22-16(12-18)13-19(23-27-20-7-2-3-8-21(20)28-23)24(30-22)26-17-6-4-5-15(11-17)14-25/h2-13H,1H3,(H,27,28). The zero-order valence-electron chi connectivity index (χ0n) is 16.1. The fourth-order valence-electron chi connectivity index (χ4n) is 3.33. The first kappa shape index (κ1) is 17.7. The summed E-state index contributed by atoms with van der Waals surface area (Å²) in [4.78, 5) is 12.7. The molecule has 0 aliphatic carbocycles. The van der Waals surface area contributed by atoms with Crippen LogP contribution in [-0.4, -0.2) is 17.1 Å². The molecular weight excluding hydrogens is 376 g/mol. The van der Waals surface area contributed by atoms with Gasteiger partial charge in [0.15, 0.2) is 0 Å². The molecule has 0 unspecified atom stereocenters. The smallest absolute Gasteiger partial charge is 0.230 e. The normalized spacial score (nSPS) is 11.7. The van der Waals surface area contributed by atoms with E-state index < -0.39 is 0 Å². The molecule has 0 atom stereocenters. The molecular formula is C24H16N4O2. The molecule has 2 aromatic heterocycles. The minimum atomic E-state index is 0.404. The van der Waals surface area contributed by atoms with E-state index in [4.69, 9.17) is 14.1 Å². The van der Waals surface area contributed by atoms with Crippen LogP contribution in [0.15, 0.2) is 82.2 Å². The summed E-state index contributed by atoms with van der Waals surface area (Å²) in [7, 11) is 1.63. The number of nitrogens with one attached hydrogen (secondary N) is 1. The summed E-state index contributed by atoms with van der Waals surface area (Å²) in [5.41, 5.74) is 4.74. The second-order valence-corrected chi connectivity index (χ2v) is 6.75. The number of aromatic amines is 1. The predicted octanol–water partition coefficient (Wildman–Crippen LogP) is 5.09. The number of hydrogen-bond acceptors (Lipinski definition) is 5.